The zero-order valence-corrected chi connectivity index (χ0v) is 21.9. The number of hydrogen-bond acceptors (Lipinski definition) is 6. The minimum Gasteiger partial charge on any atom is -0.504 e. The average molecular weight is 525 g/mol. The summed E-state index contributed by atoms with van der Waals surface area (Å²) in [6.07, 6.45) is 5.38. The smallest absolute Gasteiger partial charge is 0.248 e. The lowest BCUT2D eigenvalue weighted by Crippen LogP contribution is -2.35. The number of phenols is 1. The lowest BCUT2D eigenvalue weighted by Gasteiger charge is -2.29. The molecule has 37 heavy (non-hydrogen) atoms. The summed E-state index contributed by atoms with van der Waals surface area (Å²) in [7, 11) is 3.62. The highest BCUT2D eigenvalue weighted by atomic mass is 35.5. The third-order valence-corrected chi connectivity index (χ3v) is 6.09. The first-order valence-electron chi connectivity index (χ1n) is 12.0. The normalized spacial score (nSPS) is 14.1. The Hall–Kier alpha value is -3.68. The van der Waals surface area contributed by atoms with Crippen molar-refractivity contribution in [2.75, 3.05) is 32.6 Å². The summed E-state index contributed by atoms with van der Waals surface area (Å²) >= 11 is 0. The topological polar surface area (TPSA) is 80.3 Å². The first-order chi connectivity index (χ1) is 17.5. The summed E-state index contributed by atoms with van der Waals surface area (Å²) in [4.78, 5) is 14.8. The summed E-state index contributed by atoms with van der Waals surface area (Å²) in [5.41, 5.74) is 2.21. The van der Waals surface area contributed by atoms with Gasteiger partial charge in [-0.05, 0) is 74.0 Å². The highest BCUT2D eigenvalue weighted by molar-refractivity contribution is 6.02. The van der Waals surface area contributed by atoms with Gasteiger partial charge in [0.05, 0.1) is 7.11 Å². The Kier molecular flexibility index (Phi) is 10.2. The van der Waals surface area contributed by atoms with Crippen molar-refractivity contribution < 1.29 is 24.1 Å². The summed E-state index contributed by atoms with van der Waals surface area (Å²) < 4.78 is 17.1. The van der Waals surface area contributed by atoms with Crippen molar-refractivity contribution in [2.24, 2.45) is 0 Å². The molecule has 0 atom stereocenters. The van der Waals surface area contributed by atoms with E-state index in [1.54, 1.807) is 18.2 Å². The van der Waals surface area contributed by atoms with Crippen LogP contribution in [0.25, 0.3) is 6.08 Å². The molecule has 1 aliphatic rings. The molecule has 1 aliphatic heterocycles. The van der Waals surface area contributed by atoms with Crippen LogP contribution < -0.4 is 19.5 Å². The molecule has 7 nitrogen and oxygen atoms in total. The number of carbonyl (C=O) groups is 1. The number of amides is 1. The molecule has 1 amide bonds. The van der Waals surface area contributed by atoms with E-state index in [-0.39, 0.29) is 30.2 Å². The van der Waals surface area contributed by atoms with E-state index in [4.69, 9.17) is 14.2 Å². The van der Waals surface area contributed by atoms with E-state index >= 15 is 0 Å². The monoisotopic (exact) mass is 524 g/mol. The van der Waals surface area contributed by atoms with Gasteiger partial charge in [-0.3, -0.25) is 4.79 Å². The van der Waals surface area contributed by atoms with Crippen LogP contribution in [0.15, 0.2) is 72.8 Å². The van der Waals surface area contributed by atoms with E-state index in [9.17, 15) is 9.90 Å². The highest BCUT2D eigenvalue weighted by Crippen LogP contribution is 2.27. The molecule has 8 heteroatoms. The van der Waals surface area contributed by atoms with E-state index in [1.807, 2.05) is 48.5 Å². The number of nitrogens with zero attached hydrogens (tertiary/aromatic N) is 1. The molecule has 3 aromatic carbocycles. The van der Waals surface area contributed by atoms with E-state index in [1.165, 1.54) is 19.3 Å². The zero-order valence-electron chi connectivity index (χ0n) is 21.1. The second-order valence-electron chi connectivity index (χ2n) is 8.79. The number of ether oxygens (including phenoxy) is 3. The fraction of sp³-hybridized carbons (Fsp3) is 0.276. The predicted molar refractivity (Wildman–Crippen MR) is 148 cm³/mol. The predicted octanol–water partition coefficient (Wildman–Crippen LogP) is 5.53. The molecule has 0 bridgehead atoms. The van der Waals surface area contributed by atoms with Crippen LogP contribution in [0, 0.1) is 0 Å². The van der Waals surface area contributed by atoms with Gasteiger partial charge in [-0.2, -0.15) is 0 Å². The second kappa shape index (κ2) is 13.6. The lowest BCUT2D eigenvalue weighted by molar-refractivity contribution is -0.111. The molecule has 0 saturated carbocycles. The number of nitrogens with one attached hydrogen (secondary N) is 1. The van der Waals surface area contributed by atoms with Crippen LogP contribution in [-0.4, -0.2) is 49.3 Å². The van der Waals surface area contributed by atoms with Crippen LogP contribution in [0.1, 0.15) is 24.0 Å². The SMILES string of the molecule is COc1ccc(C=CC(=O)Nc2ccccc2COc2ccc(OC3CCN(C)CC3)cc2)cc1O.Cl. The van der Waals surface area contributed by atoms with Gasteiger partial charge in [0, 0.05) is 30.4 Å². The molecular formula is C29H33ClN2O5. The van der Waals surface area contributed by atoms with Crippen molar-refractivity contribution in [3.8, 4) is 23.0 Å². The number of rotatable bonds is 9. The van der Waals surface area contributed by atoms with Gasteiger partial charge in [-0.15, -0.1) is 12.4 Å². The van der Waals surface area contributed by atoms with Gasteiger partial charge in [0.25, 0.3) is 0 Å². The van der Waals surface area contributed by atoms with Gasteiger partial charge in [0.2, 0.25) is 5.91 Å². The number of methoxy groups -OCH3 is 1. The van der Waals surface area contributed by atoms with Crippen LogP contribution in [-0.2, 0) is 11.4 Å². The third kappa shape index (κ3) is 8.17. The van der Waals surface area contributed by atoms with Crippen molar-refractivity contribution in [1.82, 2.24) is 4.90 Å². The number of benzene rings is 3. The van der Waals surface area contributed by atoms with Gasteiger partial charge in [0.1, 0.15) is 24.2 Å². The maximum absolute atomic E-state index is 12.5. The molecule has 3 aromatic rings. The highest BCUT2D eigenvalue weighted by Gasteiger charge is 2.18. The molecule has 0 unspecified atom stereocenters. The Morgan fingerprint density at radius 1 is 1.05 bits per heavy atom. The van der Waals surface area contributed by atoms with Gasteiger partial charge < -0.3 is 29.5 Å². The van der Waals surface area contributed by atoms with Crippen molar-refractivity contribution in [3.63, 3.8) is 0 Å². The quantitative estimate of drug-likeness (QED) is 0.358. The van der Waals surface area contributed by atoms with Crippen molar-refractivity contribution in [2.45, 2.75) is 25.6 Å². The van der Waals surface area contributed by atoms with Gasteiger partial charge in [-0.1, -0.05) is 24.3 Å². The van der Waals surface area contributed by atoms with E-state index < -0.39 is 0 Å². The van der Waals surface area contributed by atoms with E-state index in [0.717, 1.165) is 43.0 Å². The molecule has 0 aromatic heterocycles. The minimum absolute atomic E-state index is 0. The minimum atomic E-state index is -0.284. The fourth-order valence-electron chi connectivity index (χ4n) is 4.00. The number of hydrogen-bond donors (Lipinski definition) is 2. The summed E-state index contributed by atoms with van der Waals surface area (Å²) in [6, 6.07) is 20.1. The first-order valence-corrected chi connectivity index (χ1v) is 12.0. The van der Waals surface area contributed by atoms with Gasteiger partial charge in [-0.25, -0.2) is 0 Å². The van der Waals surface area contributed by atoms with Crippen LogP contribution >= 0.6 is 12.4 Å². The lowest BCUT2D eigenvalue weighted by atomic mass is 10.1. The zero-order chi connectivity index (χ0) is 25.3. The van der Waals surface area contributed by atoms with Crippen molar-refractivity contribution in [3.05, 3.63) is 83.9 Å². The molecular weight excluding hydrogens is 492 g/mol. The molecule has 1 saturated heterocycles. The Bertz CT molecular complexity index is 1190. The summed E-state index contributed by atoms with van der Waals surface area (Å²) in [5.74, 6) is 1.69. The third-order valence-electron chi connectivity index (χ3n) is 6.09. The molecule has 1 fully saturated rings. The Morgan fingerprint density at radius 3 is 2.46 bits per heavy atom. The van der Waals surface area contributed by atoms with Crippen molar-refractivity contribution in [1.29, 1.82) is 0 Å². The average Bonchev–Trinajstić information content (AvgIpc) is 2.89. The first kappa shape index (κ1) is 27.9. The molecule has 0 radical (unpaired) electrons. The number of aromatic hydroxyl groups is 1. The van der Waals surface area contributed by atoms with Crippen LogP contribution in [0.4, 0.5) is 5.69 Å². The number of likely N-dealkylation sites (tertiary alicyclic amines) is 1. The van der Waals surface area contributed by atoms with Crippen LogP contribution in [0.2, 0.25) is 0 Å². The molecule has 196 valence electrons. The van der Waals surface area contributed by atoms with Gasteiger partial charge in [0.15, 0.2) is 11.5 Å². The number of carbonyl (C=O) groups excluding carboxylic acids is 1. The Labute approximate surface area is 224 Å². The molecule has 4 rings (SSSR count). The molecule has 2 N–H and O–H groups in total. The molecule has 0 aliphatic carbocycles. The van der Waals surface area contributed by atoms with Crippen LogP contribution in [0.5, 0.6) is 23.0 Å². The number of phenolic OH excluding ortho intramolecular Hbond substituents is 1. The van der Waals surface area contributed by atoms with E-state index in [0.29, 0.717) is 23.6 Å². The Morgan fingerprint density at radius 2 is 1.76 bits per heavy atom. The van der Waals surface area contributed by atoms with Gasteiger partial charge >= 0.3 is 0 Å². The number of piperidine rings is 1. The number of anilines is 1. The maximum Gasteiger partial charge on any atom is 0.248 e. The van der Waals surface area contributed by atoms with E-state index in [2.05, 4.69) is 17.3 Å². The Balaban J connectivity index is 0.00000380. The summed E-state index contributed by atoms with van der Waals surface area (Å²) in [6.45, 7) is 2.42. The fourth-order valence-corrected chi connectivity index (χ4v) is 4.00. The molecule has 0 spiro atoms. The second-order valence-corrected chi connectivity index (χ2v) is 8.79. The van der Waals surface area contributed by atoms with Crippen LogP contribution in [0.3, 0.4) is 0 Å². The summed E-state index contributed by atoms with van der Waals surface area (Å²) in [5, 5.41) is 12.8. The number of halogens is 1. The largest absolute Gasteiger partial charge is 0.504 e. The molecule has 1 heterocycles. The maximum atomic E-state index is 12.5. The number of para-hydroxylation sites is 1. The standard InChI is InChI=1S/C29H32N2O5.ClH/c1-31-17-15-25(16-18-31)36-24-11-9-23(10-12-24)35-20-22-5-3-4-6-26(22)30-29(33)14-8-21-7-13-28(34-2)27(32)19-21;/h3-14,19,25,32H,15-18,20H2,1-2H3,(H,30,33);1H. The van der Waals surface area contributed by atoms with Crippen molar-refractivity contribution >= 4 is 30.1 Å².